The molecule has 2 bridgehead atoms. The number of benzene rings is 3. The minimum absolute atomic E-state index is 0.298. The molecule has 0 amide bonds. The van der Waals surface area contributed by atoms with Crippen molar-refractivity contribution in [3.63, 3.8) is 0 Å². The van der Waals surface area contributed by atoms with Crippen LogP contribution < -0.4 is 21.2 Å². The highest BCUT2D eigenvalue weighted by atomic mass is 31.1. The summed E-state index contributed by atoms with van der Waals surface area (Å²) < 4.78 is 0. The lowest BCUT2D eigenvalue weighted by molar-refractivity contribution is 0.865. The monoisotopic (exact) mass is 494 g/mol. The highest BCUT2D eigenvalue weighted by Gasteiger charge is 2.31. The van der Waals surface area contributed by atoms with Gasteiger partial charge in [0, 0.05) is 32.4 Å². The van der Waals surface area contributed by atoms with Crippen molar-refractivity contribution in [2.75, 3.05) is 5.32 Å². The summed E-state index contributed by atoms with van der Waals surface area (Å²) in [6.45, 7) is 9.49. The number of fused-ring (bicyclic) bond motifs is 2. The Bertz CT molecular complexity index is 1480. The second-order valence-electron chi connectivity index (χ2n) is 10.1. The van der Waals surface area contributed by atoms with E-state index < -0.39 is 15.8 Å². The predicted octanol–water partition coefficient (Wildman–Crippen LogP) is 7.38. The highest BCUT2D eigenvalue weighted by molar-refractivity contribution is 7.74. The molecule has 1 N–H and O–H groups in total. The maximum absolute atomic E-state index is 5.52. The van der Waals surface area contributed by atoms with Gasteiger partial charge in [0.15, 0.2) is 0 Å². The van der Waals surface area contributed by atoms with Crippen LogP contribution >= 0.6 is 15.8 Å². The zero-order valence-electron chi connectivity index (χ0n) is 20.9. The molecule has 6 rings (SSSR count). The zero-order chi connectivity index (χ0) is 24.1. The molecule has 0 radical (unpaired) electrons. The summed E-state index contributed by atoms with van der Waals surface area (Å²) in [7, 11) is -1.14. The number of hydrogen-bond donors (Lipinski definition) is 1. The summed E-state index contributed by atoms with van der Waals surface area (Å²) >= 11 is 0. The first-order valence-electron chi connectivity index (χ1n) is 12.7. The van der Waals surface area contributed by atoms with Gasteiger partial charge in [-0.1, -0.05) is 101 Å². The molecule has 35 heavy (non-hydrogen) atoms. The quantitative estimate of drug-likeness (QED) is 0.232. The number of aromatic nitrogens is 1. The number of hydrogen-bond acceptors (Lipinski definition) is 2. The fraction of sp³-hybridized carbons (Fsp3) is 0.258. The number of para-hydroxylation sites is 3. The summed E-state index contributed by atoms with van der Waals surface area (Å²) in [4.78, 5) is 5.52. The lowest BCUT2D eigenvalue weighted by Crippen LogP contribution is -2.30. The van der Waals surface area contributed by atoms with E-state index in [9.17, 15) is 0 Å². The van der Waals surface area contributed by atoms with Crippen LogP contribution in [0.15, 0.2) is 90.3 Å². The fourth-order valence-corrected chi connectivity index (χ4v) is 11.1. The minimum Gasteiger partial charge on any atom is -0.377 e. The van der Waals surface area contributed by atoms with E-state index >= 15 is 0 Å². The first-order valence-corrected chi connectivity index (χ1v) is 15.5. The molecule has 2 aliphatic rings. The van der Waals surface area contributed by atoms with Crippen LogP contribution in [0.5, 0.6) is 0 Å². The maximum Gasteiger partial charge on any atom is 0.0790 e. The van der Waals surface area contributed by atoms with E-state index in [4.69, 9.17) is 4.98 Å². The van der Waals surface area contributed by atoms with Crippen molar-refractivity contribution < 1.29 is 0 Å². The van der Waals surface area contributed by atoms with E-state index in [0.29, 0.717) is 17.4 Å². The Labute approximate surface area is 211 Å². The smallest absolute Gasteiger partial charge is 0.0790 e. The molecule has 4 aromatic rings. The van der Waals surface area contributed by atoms with Gasteiger partial charge in [0.25, 0.3) is 0 Å². The summed E-state index contributed by atoms with van der Waals surface area (Å²) in [5.74, 6) is 0. The lowest BCUT2D eigenvalue weighted by atomic mass is 10.1. The van der Waals surface area contributed by atoms with Gasteiger partial charge in [-0.15, -0.1) is 0 Å². The maximum atomic E-state index is 5.52. The van der Waals surface area contributed by atoms with E-state index in [-0.39, 0.29) is 0 Å². The topological polar surface area (TPSA) is 24.9 Å². The van der Waals surface area contributed by atoms with Gasteiger partial charge in [0.1, 0.15) is 0 Å². The minimum atomic E-state index is -0.588. The molecule has 4 heteroatoms. The molecule has 3 atom stereocenters. The summed E-state index contributed by atoms with van der Waals surface area (Å²) in [6.07, 6.45) is 7.98. The SMILES string of the molecule is CC(C)P1C2=CC=CCC2Nc2ccccc2P(C(C)C)c2cccc3cc4cccc1c4nc23. The second kappa shape index (κ2) is 9.16. The number of rotatable bonds is 2. The van der Waals surface area contributed by atoms with E-state index in [2.05, 4.69) is 118 Å². The molecule has 0 saturated heterocycles. The van der Waals surface area contributed by atoms with Crippen LogP contribution in [-0.2, 0) is 0 Å². The number of nitrogens with one attached hydrogen (secondary N) is 1. The van der Waals surface area contributed by atoms with Crippen molar-refractivity contribution in [1.82, 2.24) is 4.98 Å². The van der Waals surface area contributed by atoms with Crippen molar-refractivity contribution in [3.8, 4) is 0 Å². The molecular formula is C31H32N2P2. The third-order valence-corrected chi connectivity index (χ3v) is 12.8. The normalized spacial score (nSPS) is 21.5. The molecule has 0 saturated carbocycles. The van der Waals surface area contributed by atoms with Crippen LogP contribution in [0, 0.1) is 0 Å². The van der Waals surface area contributed by atoms with Crippen molar-refractivity contribution in [2.45, 2.75) is 51.5 Å². The van der Waals surface area contributed by atoms with Crippen LogP contribution in [0.1, 0.15) is 34.1 Å². The largest absolute Gasteiger partial charge is 0.377 e. The van der Waals surface area contributed by atoms with Gasteiger partial charge in [0.2, 0.25) is 0 Å². The van der Waals surface area contributed by atoms with Gasteiger partial charge < -0.3 is 5.32 Å². The van der Waals surface area contributed by atoms with Gasteiger partial charge in [-0.25, -0.2) is 4.98 Å². The Morgan fingerprint density at radius 3 is 2.09 bits per heavy atom. The Hall–Kier alpha value is -2.53. The van der Waals surface area contributed by atoms with Crippen LogP contribution in [0.25, 0.3) is 21.8 Å². The molecular weight excluding hydrogens is 462 g/mol. The van der Waals surface area contributed by atoms with Crippen LogP contribution in [0.3, 0.4) is 0 Å². The predicted molar refractivity (Wildman–Crippen MR) is 158 cm³/mol. The molecule has 2 nitrogen and oxygen atoms in total. The van der Waals surface area contributed by atoms with Crippen molar-refractivity contribution in [2.24, 2.45) is 0 Å². The first kappa shape index (κ1) is 22.9. The number of nitrogens with zero attached hydrogens (tertiary/aromatic N) is 1. The van der Waals surface area contributed by atoms with E-state index in [1.807, 2.05) is 0 Å². The Morgan fingerprint density at radius 1 is 0.771 bits per heavy atom. The Kier molecular flexibility index (Phi) is 6.00. The average molecular weight is 495 g/mol. The molecule has 3 unspecified atom stereocenters. The third kappa shape index (κ3) is 3.92. The lowest BCUT2D eigenvalue weighted by Gasteiger charge is -2.35. The molecule has 1 aliphatic heterocycles. The highest BCUT2D eigenvalue weighted by Crippen LogP contribution is 2.53. The fourth-order valence-electron chi connectivity index (χ4n) is 5.64. The molecule has 1 aliphatic carbocycles. The van der Waals surface area contributed by atoms with Crippen LogP contribution in [0.2, 0.25) is 0 Å². The summed E-state index contributed by atoms with van der Waals surface area (Å²) in [5, 5.41) is 12.3. The average Bonchev–Trinajstić information content (AvgIpc) is 2.84. The molecule has 2 heterocycles. The third-order valence-electron chi connectivity index (χ3n) is 7.08. The van der Waals surface area contributed by atoms with E-state index in [0.717, 1.165) is 6.42 Å². The van der Waals surface area contributed by atoms with Gasteiger partial charge in [0.05, 0.1) is 17.1 Å². The first-order chi connectivity index (χ1) is 17.0. The van der Waals surface area contributed by atoms with Crippen molar-refractivity contribution in [1.29, 1.82) is 0 Å². The summed E-state index contributed by atoms with van der Waals surface area (Å²) in [6, 6.07) is 25.3. The van der Waals surface area contributed by atoms with Gasteiger partial charge in [-0.2, -0.15) is 0 Å². The second-order valence-corrected chi connectivity index (χ2v) is 15.6. The molecule has 3 aromatic carbocycles. The van der Waals surface area contributed by atoms with Crippen LogP contribution in [0.4, 0.5) is 5.69 Å². The van der Waals surface area contributed by atoms with E-state index in [1.165, 1.54) is 48.7 Å². The summed E-state index contributed by atoms with van der Waals surface area (Å²) in [5.41, 5.74) is 4.67. The zero-order valence-corrected chi connectivity index (χ0v) is 22.7. The van der Waals surface area contributed by atoms with Gasteiger partial charge in [-0.3, -0.25) is 0 Å². The number of pyridine rings is 1. The molecule has 1 aromatic heterocycles. The number of allylic oxidation sites excluding steroid dienone is 2. The van der Waals surface area contributed by atoms with Crippen molar-refractivity contribution >= 4 is 59.3 Å². The molecule has 0 spiro atoms. The standard InChI is InChI=1S/C31H32N2P2/c1-20(2)34-26-15-7-5-13-24(26)32-25-14-6-8-16-27(25)35(21(3)4)29-18-10-12-23-19-22-11-9-17-28(34)30(22)33-31(23)29/h5-13,15-21,25,32H,14H2,1-4H3. The van der Waals surface area contributed by atoms with E-state index in [1.54, 1.807) is 0 Å². The van der Waals surface area contributed by atoms with Gasteiger partial charge >= 0.3 is 0 Å². The molecule has 0 fully saturated rings. The van der Waals surface area contributed by atoms with Crippen molar-refractivity contribution in [3.05, 3.63) is 90.3 Å². The van der Waals surface area contributed by atoms with Crippen LogP contribution in [-0.4, -0.2) is 22.3 Å². The Morgan fingerprint density at radius 2 is 1.40 bits per heavy atom. The Balaban J connectivity index is 1.75. The van der Waals surface area contributed by atoms with Gasteiger partial charge in [-0.05, 0) is 51.0 Å². The number of anilines is 1. The molecule has 176 valence electrons.